The van der Waals surface area contributed by atoms with Gasteiger partial charge in [0.1, 0.15) is 0 Å². The van der Waals surface area contributed by atoms with E-state index >= 15 is 0 Å². The summed E-state index contributed by atoms with van der Waals surface area (Å²) in [4.78, 5) is 2.83. The lowest BCUT2D eigenvalue weighted by Crippen LogP contribution is -2.53. The van der Waals surface area contributed by atoms with Gasteiger partial charge in [-0.2, -0.15) is 0 Å². The number of hydrogen-bond acceptors (Lipinski definition) is 2. The number of rotatable bonds is 5. The number of benzene rings is 1. The quantitative estimate of drug-likeness (QED) is 0.863. The Morgan fingerprint density at radius 2 is 1.78 bits per heavy atom. The van der Waals surface area contributed by atoms with Crippen LogP contribution in [0.25, 0.3) is 0 Å². The Morgan fingerprint density at radius 3 is 2.48 bits per heavy atom. The number of nitrogens with one attached hydrogen (secondary N) is 1. The summed E-state index contributed by atoms with van der Waals surface area (Å²) >= 11 is 0. The summed E-state index contributed by atoms with van der Waals surface area (Å²) in [6, 6.07) is 12.4. The number of nitrogens with zero attached hydrogens (tertiary/aromatic N) is 1. The van der Waals surface area contributed by atoms with E-state index in [0.717, 1.165) is 24.4 Å². The highest BCUT2D eigenvalue weighted by atomic mass is 15.2. The summed E-state index contributed by atoms with van der Waals surface area (Å²) in [5, 5.41) is 3.85. The molecule has 0 bridgehead atoms. The smallest absolute Gasteiger partial charge is 0.0208 e. The summed E-state index contributed by atoms with van der Waals surface area (Å²) in [6.07, 6.45) is 8.53. The van der Waals surface area contributed by atoms with Gasteiger partial charge in [0.15, 0.2) is 0 Å². The molecule has 3 rings (SSSR count). The Hall–Kier alpha value is -0.860. The van der Waals surface area contributed by atoms with Gasteiger partial charge in [0.05, 0.1) is 0 Å². The lowest BCUT2D eigenvalue weighted by molar-refractivity contribution is 0.0615. The van der Waals surface area contributed by atoms with Gasteiger partial charge in [0, 0.05) is 31.7 Å². The van der Waals surface area contributed by atoms with E-state index in [0.29, 0.717) is 6.04 Å². The van der Waals surface area contributed by atoms with E-state index in [2.05, 4.69) is 54.4 Å². The zero-order valence-electron chi connectivity index (χ0n) is 15.0. The molecule has 1 aromatic carbocycles. The Kier molecular flexibility index (Phi) is 6.13. The molecule has 2 nitrogen and oxygen atoms in total. The van der Waals surface area contributed by atoms with E-state index in [-0.39, 0.29) is 0 Å². The molecule has 1 aromatic rings. The zero-order chi connectivity index (χ0) is 16.1. The summed E-state index contributed by atoms with van der Waals surface area (Å²) in [5.74, 6) is 1.64. The van der Waals surface area contributed by atoms with E-state index in [1.807, 2.05) is 0 Å². The average molecular weight is 315 g/mol. The van der Waals surface area contributed by atoms with Crippen LogP contribution >= 0.6 is 0 Å². The Labute approximate surface area is 142 Å². The Morgan fingerprint density at radius 1 is 1.04 bits per heavy atom. The van der Waals surface area contributed by atoms with Gasteiger partial charge in [-0.25, -0.2) is 0 Å². The number of hydrogen-bond donors (Lipinski definition) is 1. The van der Waals surface area contributed by atoms with E-state index in [1.165, 1.54) is 57.2 Å². The molecule has 128 valence electrons. The van der Waals surface area contributed by atoms with Gasteiger partial charge in [-0.1, -0.05) is 63.4 Å². The summed E-state index contributed by atoms with van der Waals surface area (Å²) < 4.78 is 0. The molecule has 1 N–H and O–H groups in total. The molecule has 1 aliphatic heterocycles. The van der Waals surface area contributed by atoms with E-state index in [4.69, 9.17) is 0 Å². The van der Waals surface area contributed by atoms with Gasteiger partial charge >= 0.3 is 0 Å². The Balaban J connectivity index is 1.59. The summed E-state index contributed by atoms with van der Waals surface area (Å²) in [6.45, 7) is 8.40. The molecule has 23 heavy (non-hydrogen) atoms. The normalized spacial score (nSPS) is 27.4. The summed E-state index contributed by atoms with van der Waals surface area (Å²) in [5.41, 5.74) is 1.41. The average Bonchev–Trinajstić information content (AvgIpc) is 2.61. The van der Waals surface area contributed by atoms with Crippen LogP contribution in [0.5, 0.6) is 0 Å². The van der Waals surface area contributed by atoms with Crippen LogP contribution in [0.4, 0.5) is 0 Å². The molecule has 2 heteroatoms. The van der Waals surface area contributed by atoms with Crippen molar-refractivity contribution in [2.45, 2.75) is 71.0 Å². The van der Waals surface area contributed by atoms with Crippen LogP contribution in [0, 0.1) is 11.8 Å². The van der Waals surface area contributed by atoms with Crippen molar-refractivity contribution in [1.82, 2.24) is 10.2 Å². The van der Waals surface area contributed by atoms with Crippen LogP contribution in [0.1, 0.15) is 57.9 Å². The Bertz CT molecular complexity index is 450. The maximum absolute atomic E-state index is 3.85. The number of likely N-dealkylation sites (tertiary alicyclic amines) is 1. The van der Waals surface area contributed by atoms with Crippen molar-refractivity contribution in [1.29, 1.82) is 0 Å². The van der Waals surface area contributed by atoms with Gasteiger partial charge in [-0.05, 0) is 36.7 Å². The molecular weight excluding hydrogens is 280 g/mol. The molecule has 2 aliphatic rings. The van der Waals surface area contributed by atoms with Gasteiger partial charge in [-0.15, -0.1) is 0 Å². The maximum atomic E-state index is 3.85. The van der Waals surface area contributed by atoms with Crippen LogP contribution in [0.3, 0.4) is 0 Å². The standard InChI is InChI=1S/C21H34N2/c1-17(2)19-13-20(22-14-18-9-5-3-6-10-18)16-23(15-19)21-11-7-4-8-12-21/h3,5-6,9-10,17,19-22H,4,7-8,11-16H2,1-2H3. The van der Waals surface area contributed by atoms with Crippen LogP contribution in [-0.4, -0.2) is 30.1 Å². The molecule has 0 amide bonds. The first-order chi connectivity index (χ1) is 11.2. The second-order valence-electron chi connectivity index (χ2n) is 8.05. The van der Waals surface area contributed by atoms with Gasteiger partial charge in [0.25, 0.3) is 0 Å². The largest absolute Gasteiger partial charge is 0.309 e. The fourth-order valence-corrected chi connectivity index (χ4v) is 4.41. The minimum Gasteiger partial charge on any atom is -0.309 e. The zero-order valence-corrected chi connectivity index (χ0v) is 15.0. The van der Waals surface area contributed by atoms with Crippen LogP contribution in [0.15, 0.2) is 30.3 Å². The topological polar surface area (TPSA) is 15.3 Å². The van der Waals surface area contributed by atoms with E-state index in [1.54, 1.807) is 0 Å². The first-order valence-corrected chi connectivity index (χ1v) is 9.73. The predicted octanol–water partition coefficient (Wildman–Crippen LogP) is 4.46. The number of piperidine rings is 1. The molecule has 0 radical (unpaired) electrons. The summed E-state index contributed by atoms with van der Waals surface area (Å²) in [7, 11) is 0. The van der Waals surface area contributed by atoms with E-state index in [9.17, 15) is 0 Å². The van der Waals surface area contributed by atoms with Gasteiger partial charge < -0.3 is 5.32 Å². The fraction of sp³-hybridized carbons (Fsp3) is 0.714. The second kappa shape index (κ2) is 8.30. The molecule has 1 saturated heterocycles. The van der Waals surface area contributed by atoms with Crippen molar-refractivity contribution in [3.05, 3.63) is 35.9 Å². The van der Waals surface area contributed by atoms with Crippen molar-refractivity contribution in [2.75, 3.05) is 13.1 Å². The lowest BCUT2D eigenvalue weighted by atomic mass is 9.83. The molecule has 2 unspecified atom stereocenters. The fourth-order valence-electron chi connectivity index (χ4n) is 4.41. The highest BCUT2D eigenvalue weighted by Crippen LogP contribution is 2.30. The molecule has 1 aliphatic carbocycles. The van der Waals surface area contributed by atoms with Crippen molar-refractivity contribution in [2.24, 2.45) is 11.8 Å². The molecule has 0 aromatic heterocycles. The highest BCUT2D eigenvalue weighted by molar-refractivity contribution is 5.14. The monoisotopic (exact) mass is 314 g/mol. The third kappa shape index (κ3) is 4.81. The third-order valence-corrected chi connectivity index (χ3v) is 5.98. The minimum atomic E-state index is 0.651. The molecule has 0 spiro atoms. The third-order valence-electron chi connectivity index (χ3n) is 5.98. The van der Waals surface area contributed by atoms with Crippen molar-refractivity contribution < 1.29 is 0 Å². The minimum absolute atomic E-state index is 0.651. The van der Waals surface area contributed by atoms with Crippen LogP contribution in [0.2, 0.25) is 0 Å². The van der Waals surface area contributed by atoms with Crippen molar-refractivity contribution in [3.63, 3.8) is 0 Å². The lowest BCUT2D eigenvalue weighted by Gasteiger charge is -2.44. The molecule has 2 fully saturated rings. The van der Waals surface area contributed by atoms with Crippen molar-refractivity contribution in [3.8, 4) is 0 Å². The van der Waals surface area contributed by atoms with E-state index < -0.39 is 0 Å². The second-order valence-corrected chi connectivity index (χ2v) is 8.05. The van der Waals surface area contributed by atoms with Gasteiger partial charge in [-0.3, -0.25) is 4.90 Å². The molecular formula is C21H34N2. The molecule has 2 atom stereocenters. The van der Waals surface area contributed by atoms with Gasteiger partial charge in [0.2, 0.25) is 0 Å². The SMILES string of the molecule is CC(C)C1CC(NCc2ccccc2)CN(C2CCCCC2)C1. The first-order valence-electron chi connectivity index (χ1n) is 9.73. The van der Waals surface area contributed by atoms with Crippen molar-refractivity contribution >= 4 is 0 Å². The maximum Gasteiger partial charge on any atom is 0.0208 e. The highest BCUT2D eigenvalue weighted by Gasteiger charge is 2.32. The first kappa shape index (κ1) is 17.0. The van der Waals surface area contributed by atoms with Crippen LogP contribution in [-0.2, 0) is 6.54 Å². The molecule has 1 saturated carbocycles. The predicted molar refractivity (Wildman–Crippen MR) is 98.5 cm³/mol. The van der Waals surface area contributed by atoms with Crippen LogP contribution < -0.4 is 5.32 Å². The molecule has 1 heterocycles.